The first-order valence-electron chi connectivity index (χ1n) is 5.59. The van der Waals surface area contributed by atoms with Gasteiger partial charge in [0.2, 0.25) is 0 Å². The van der Waals surface area contributed by atoms with Crippen LogP contribution in [0.4, 0.5) is 11.4 Å². The predicted octanol–water partition coefficient (Wildman–Crippen LogP) is 3.04. The minimum atomic E-state index is -0.320. The molecule has 2 rings (SSSR count). The van der Waals surface area contributed by atoms with Crippen LogP contribution in [-0.2, 0) is 6.54 Å². The molecule has 100 valence electrons. The number of carbonyl (C=O) groups is 1. The smallest absolute Gasteiger partial charge is 0.255 e. The number of rotatable bonds is 3. The van der Waals surface area contributed by atoms with E-state index in [0.29, 0.717) is 11.3 Å². The monoisotopic (exact) mass is 298 g/mol. The Bertz CT molecular complexity index is 601. The Kier molecular flexibility index (Phi) is 3.97. The van der Waals surface area contributed by atoms with Crippen LogP contribution < -0.4 is 11.1 Å². The average Bonchev–Trinajstić information content (AvgIpc) is 2.83. The highest BCUT2D eigenvalue weighted by molar-refractivity contribution is 6.39. The molecule has 0 bridgehead atoms. The third-order valence-corrected chi connectivity index (χ3v) is 3.18. The Balaban J connectivity index is 2.20. The van der Waals surface area contributed by atoms with Crippen molar-refractivity contribution in [2.45, 2.75) is 13.5 Å². The van der Waals surface area contributed by atoms with E-state index < -0.39 is 0 Å². The van der Waals surface area contributed by atoms with E-state index in [1.807, 2.05) is 6.92 Å². The Morgan fingerprint density at radius 1 is 1.42 bits per heavy atom. The molecule has 5 nitrogen and oxygen atoms in total. The second kappa shape index (κ2) is 5.50. The van der Waals surface area contributed by atoms with Gasteiger partial charge in [-0.1, -0.05) is 23.2 Å². The number of carbonyl (C=O) groups excluding carboxylic acids is 1. The van der Waals surface area contributed by atoms with Gasteiger partial charge in [0.05, 0.1) is 27.6 Å². The second-order valence-electron chi connectivity index (χ2n) is 3.89. The van der Waals surface area contributed by atoms with Gasteiger partial charge < -0.3 is 11.1 Å². The van der Waals surface area contributed by atoms with E-state index in [4.69, 9.17) is 28.9 Å². The zero-order valence-corrected chi connectivity index (χ0v) is 11.7. The molecule has 0 aliphatic carbocycles. The fourth-order valence-electron chi connectivity index (χ4n) is 1.52. The Hall–Kier alpha value is -1.72. The fourth-order valence-corrected chi connectivity index (χ4v) is 2.01. The molecule has 1 aromatic heterocycles. The Morgan fingerprint density at radius 3 is 2.58 bits per heavy atom. The summed E-state index contributed by atoms with van der Waals surface area (Å²) in [6.07, 6.45) is 3.31. The lowest BCUT2D eigenvalue weighted by atomic mass is 10.2. The summed E-state index contributed by atoms with van der Waals surface area (Å²) in [5, 5.41) is 7.27. The number of nitrogen functional groups attached to an aromatic ring is 1. The highest BCUT2D eigenvalue weighted by atomic mass is 35.5. The largest absolute Gasteiger partial charge is 0.396 e. The summed E-state index contributed by atoms with van der Waals surface area (Å²) in [6.45, 7) is 2.69. The third-order valence-electron chi connectivity index (χ3n) is 2.56. The van der Waals surface area contributed by atoms with Crippen molar-refractivity contribution < 1.29 is 4.79 Å². The molecule has 0 spiro atoms. The van der Waals surface area contributed by atoms with Gasteiger partial charge in [-0.25, -0.2) is 0 Å². The van der Waals surface area contributed by atoms with Crippen LogP contribution in [0.5, 0.6) is 0 Å². The number of anilines is 2. The standard InChI is InChI=1S/C12H12Cl2N4O/c1-2-18-6-8(5-16-18)17-12(19)7-3-9(13)11(15)10(14)4-7/h3-6H,2,15H2,1H3,(H,17,19). The first-order chi connectivity index (χ1) is 9.01. The van der Waals surface area contributed by atoms with E-state index in [9.17, 15) is 4.79 Å². The number of aromatic nitrogens is 2. The molecule has 2 aromatic rings. The molecule has 1 aromatic carbocycles. The van der Waals surface area contributed by atoms with E-state index in [-0.39, 0.29) is 21.6 Å². The fraction of sp³-hybridized carbons (Fsp3) is 0.167. The molecule has 0 saturated carbocycles. The first kappa shape index (κ1) is 13.7. The second-order valence-corrected chi connectivity index (χ2v) is 4.71. The summed E-state index contributed by atoms with van der Waals surface area (Å²) < 4.78 is 1.71. The number of amides is 1. The topological polar surface area (TPSA) is 72.9 Å². The van der Waals surface area contributed by atoms with Crippen LogP contribution in [0, 0.1) is 0 Å². The highest BCUT2D eigenvalue weighted by Crippen LogP contribution is 2.29. The molecule has 0 radical (unpaired) electrons. The molecule has 0 aliphatic rings. The maximum absolute atomic E-state index is 12.0. The summed E-state index contributed by atoms with van der Waals surface area (Å²) in [7, 11) is 0. The van der Waals surface area contributed by atoms with Gasteiger partial charge in [-0.05, 0) is 19.1 Å². The van der Waals surface area contributed by atoms with Gasteiger partial charge in [0.15, 0.2) is 0 Å². The molecule has 0 aliphatic heterocycles. The molecule has 19 heavy (non-hydrogen) atoms. The van der Waals surface area contributed by atoms with Gasteiger partial charge in [0.1, 0.15) is 0 Å². The molecule has 0 atom stereocenters. The zero-order valence-electron chi connectivity index (χ0n) is 10.2. The quantitative estimate of drug-likeness (QED) is 0.856. The molecule has 0 saturated heterocycles. The molecule has 1 amide bonds. The van der Waals surface area contributed by atoms with Gasteiger partial charge in [-0.15, -0.1) is 0 Å². The van der Waals surface area contributed by atoms with Crippen LogP contribution in [0.1, 0.15) is 17.3 Å². The molecule has 3 N–H and O–H groups in total. The number of nitrogens with one attached hydrogen (secondary N) is 1. The number of halogens is 2. The minimum Gasteiger partial charge on any atom is -0.396 e. The van der Waals surface area contributed by atoms with Crippen LogP contribution >= 0.6 is 23.2 Å². The van der Waals surface area contributed by atoms with Crippen LogP contribution in [-0.4, -0.2) is 15.7 Å². The Morgan fingerprint density at radius 2 is 2.05 bits per heavy atom. The summed E-state index contributed by atoms with van der Waals surface area (Å²) in [4.78, 5) is 12.0. The summed E-state index contributed by atoms with van der Waals surface area (Å²) in [5.74, 6) is -0.320. The van der Waals surface area contributed by atoms with Gasteiger partial charge in [0.25, 0.3) is 5.91 Å². The maximum Gasteiger partial charge on any atom is 0.255 e. The average molecular weight is 299 g/mol. The lowest BCUT2D eigenvalue weighted by Gasteiger charge is -2.06. The van der Waals surface area contributed by atoms with Crippen LogP contribution in [0.2, 0.25) is 10.0 Å². The third kappa shape index (κ3) is 3.00. The lowest BCUT2D eigenvalue weighted by molar-refractivity contribution is 0.102. The number of benzene rings is 1. The van der Waals surface area contributed by atoms with Crippen molar-refractivity contribution in [3.8, 4) is 0 Å². The zero-order chi connectivity index (χ0) is 14.0. The van der Waals surface area contributed by atoms with Crippen molar-refractivity contribution in [3.63, 3.8) is 0 Å². The molecule has 7 heteroatoms. The summed E-state index contributed by atoms with van der Waals surface area (Å²) in [5.41, 5.74) is 6.83. The summed E-state index contributed by atoms with van der Waals surface area (Å²) >= 11 is 11.8. The van der Waals surface area contributed by atoms with Gasteiger partial charge in [0, 0.05) is 18.3 Å². The van der Waals surface area contributed by atoms with Crippen LogP contribution in [0.15, 0.2) is 24.5 Å². The van der Waals surface area contributed by atoms with Gasteiger partial charge in [-0.3, -0.25) is 9.48 Å². The van der Waals surface area contributed by atoms with Crippen molar-refractivity contribution in [2.24, 2.45) is 0 Å². The van der Waals surface area contributed by atoms with Crippen LogP contribution in [0.3, 0.4) is 0 Å². The predicted molar refractivity (Wildman–Crippen MR) is 76.7 cm³/mol. The molecular formula is C12H12Cl2N4O. The first-order valence-corrected chi connectivity index (χ1v) is 6.35. The van der Waals surface area contributed by atoms with Crippen molar-refractivity contribution in [1.29, 1.82) is 0 Å². The lowest BCUT2D eigenvalue weighted by Crippen LogP contribution is -2.11. The van der Waals surface area contributed by atoms with E-state index in [1.54, 1.807) is 17.1 Å². The number of nitrogens with zero attached hydrogens (tertiary/aromatic N) is 2. The van der Waals surface area contributed by atoms with Crippen LogP contribution in [0.25, 0.3) is 0 Å². The maximum atomic E-state index is 12.0. The van der Waals surface area contributed by atoms with Gasteiger partial charge in [-0.2, -0.15) is 5.10 Å². The van der Waals surface area contributed by atoms with E-state index in [2.05, 4.69) is 10.4 Å². The van der Waals surface area contributed by atoms with E-state index in [0.717, 1.165) is 6.54 Å². The van der Waals surface area contributed by atoms with Crippen molar-refractivity contribution in [1.82, 2.24) is 9.78 Å². The van der Waals surface area contributed by atoms with Crippen molar-refractivity contribution >= 4 is 40.5 Å². The number of nitrogens with two attached hydrogens (primary N) is 1. The molecule has 1 heterocycles. The normalized spacial score (nSPS) is 10.5. The van der Waals surface area contributed by atoms with Crippen molar-refractivity contribution in [2.75, 3.05) is 11.1 Å². The Labute approximate surface area is 120 Å². The number of hydrogen-bond donors (Lipinski definition) is 2. The SMILES string of the molecule is CCn1cc(NC(=O)c2cc(Cl)c(N)c(Cl)c2)cn1. The van der Waals surface area contributed by atoms with Gasteiger partial charge >= 0.3 is 0 Å². The number of aryl methyl sites for hydroxylation is 1. The molecule has 0 fully saturated rings. The number of hydrogen-bond acceptors (Lipinski definition) is 3. The minimum absolute atomic E-state index is 0.252. The van der Waals surface area contributed by atoms with E-state index in [1.165, 1.54) is 12.1 Å². The highest BCUT2D eigenvalue weighted by Gasteiger charge is 2.12. The summed E-state index contributed by atoms with van der Waals surface area (Å²) in [6, 6.07) is 2.95. The van der Waals surface area contributed by atoms with Crippen molar-refractivity contribution in [3.05, 3.63) is 40.1 Å². The molecule has 0 unspecified atom stereocenters. The van der Waals surface area contributed by atoms with E-state index >= 15 is 0 Å². The molecular weight excluding hydrogens is 287 g/mol.